The van der Waals surface area contributed by atoms with Crippen LogP contribution in [0.15, 0.2) is 18.2 Å². The second-order valence-corrected chi connectivity index (χ2v) is 7.03. The lowest BCUT2D eigenvalue weighted by Gasteiger charge is -2.19. The van der Waals surface area contributed by atoms with Crippen molar-refractivity contribution in [3.63, 3.8) is 0 Å². The van der Waals surface area contributed by atoms with E-state index in [1.165, 1.54) is 17.4 Å². The molecule has 1 heterocycles. The largest absolute Gasteiger partial charge is 0.312 e. The molecule has 0 amide bonds. The highest BCUT2D eigenvalue weighted by atomic mass is 35.5. The first kappa shape index (κ1) is 15.4. The van der Waals surface area contributed by atoms with Crippen LogP contribution in [0.5, 0.6) is 0 Å². The van der Waals surface area contributed by atoms with Crippen LogP contribution in [0.4, 0.5) is 4.39 Å². The van der Waals surface area contributed by atoms with Crippen molar-refractivity contribution in [2.75, 3.05) is 6.54 Å². The topological polar surface area (TPSA) is 37.8 Å². The van der Waals surface area contributed by atoms with Crippen LogP contribution in [0, 0.1) is 5.82 Å². The van der Waals surface area contributed by atoms with Crippen LogP contribution in [0.25, 0.3) is 10.6 Å². The second-order valence-electron chi connectivity index (χ2n) is 5.56. The molecule has 0 aliphatic heterocycles. The van der Waals surface area contributed by atoms with Gasteiger partial charge in [0, 0.05) is 24.1 Å². The minimum Gasteiger partial charge on any atom is -0.312 e. The molecule has 3 nitrogen and oxygen atoms in total. The van der Waals surface area contributed by atoms with E-state index in [4.69, 9.17) is 11.6 Å². The van der Waals surface area contributed by atoms with Crippen molar-refractivity contribution < 1.29 is 4.39 Å². The Hall–Kier alpha value is -1.04. The third kappa shape index (κ3) is 4.23. The summed E-state index contributed by atoms with van der Waals surface area (Å²) in [6.45, 7) is 7.22. The van der Waals surface area contributed by atoms with E-state index in [0.29, 0.717) is 0 Å². The SMILES string of the molecule is CC(C)(C)NCCc1nnc(-c2ccc(F)c(Cl)c2)s1. The Morgan fingerprint density at radius 1 is 1.30 bits per heavy atom. The molecule has 6 heteroatoms. The quantitative estimate of drug-likeness (QED) is 0.929. The van der Waals surface area contributed by atoms with Gasteiger partial charge in [0.2, 0.25) is 0 Å². The van der Waals surface area contributed by atoms with Gasteiger partial charge in [-0.25, -0.2) is 4.39 Å². The summed E-state index contributed by atoms with van der Waals surface area (Å²) >= 11 is 7.28. The second kappa shape index (κ2) is 6.16. The minimum atomic E-state index is -0.422. The molecule has 20 heavy (non-hydrogen) atoms. The molecule has 0 fully saturated rings. The standard InChI is InChI=1S/C14H17ClFN3S/c1-14(2,3)17-7-6-12-18-19-13(20-12)9-4-5-11(16)10(15)8-9/h4-5,8,17H,6-7H2,1-3H3. The van der Waals surface area contributed by atoms with E-state index in [-0.39, 0.29) is 10.6 Å². The molecule has 0 saturated heterocycles. The molecule has 0 radical (unpaired) electrons. The van der Waals surface area contributed by atoms with Gasteiger partial charge < -0.3 is 5.32 Å². The number of hydrogen-bond acceptors (Lipinski definition) is 4. The molecule has 1 N–H and O–H groups in total. The molecule has 108 valence electrons. The Labute approximate surface area is 127 Å². The van der Waals surface area contributed by atoms with Gasteiger partial charge in [0.15, 0.2) is 0 Å². The number of nitrogens with zero attached hydrogens (tertiary/aromatic N) is 2. The molecule has 2 rings (SSSR count). The molecule has 0 unspecified atom stereocenters. The van der Waals surface area contributed by atoms with Crippen molar-refractivity contribution in [3.05, 3.63) is 34.0 Å². The lowest BCUT2D eigenvalue weighted by Crippen LogP contribution is -2.37. The van der Waals surface area contributed by atoms with Gasteiger partial charge in [-0.05, 0) is 39.0 Å². The summed E-state index contributed by atoms with van der Waals surface area (Å²) in [5.74, 6) is -0.422. The van der Waals surface area contributed by atoms with Crippen LogP contribution in [-0.2, 0) is 6.42 Å². The Balaban J connectivity index is 2.03. The zero-order valence-corrected chi connectivity index (χ0v) is 13.3. The smallest absolute Gasteiger partial charge is 0.147 e. The summed E-state index contributed by atoms with van der Waals surface area (Å²) in [5.41, 5.74) is 0.891. The van der Waals surface area contributed by atoms with E-state index in [9.17, 15) is 4.39 Å². The summed E-state index contributed by atoms with van der Waals surface area (Å²) < 4.78 is 13.1. The number of hydrogen-bond donors (Lipinski definition) is 1. The average molecular weight is 314 g/mol. The van der Waals surface area contributed by atoms with Crippen molar-refractivity contribution >= 4 is 22.9 Å². The molecule has 1 aromatic heterocycles. The maximum Gasteiger partial charge on any atom is 0.147 e. The third-order valence-corrected chi connectivity index (χ3v) is 3.95. The first-order valence-electron chi connectivity index (χ1n) is 6.38. The highest BCUT2D eigenvalue weighted by Gasteiger charge is 2.11. The summed E-state index contributed by atoms with van der Waals surface area (Å²) in [7, 11) is 0. The Kier molecular flexibility index (Phi) is 4.73. The molecule has 2 aromatic rings. The first-order valence-corrected chi connectivity index (χ1v) is 7.57. The highest BCUT2D eigenvalue weighted by Crippen LogP contribution is 2.27. The fourth-order valence-electron chi connectivity index (χ4n) is 1.64. The Morgan fingerprint density at radius 2 is 2.05 bits per heavy atom. The Morgan fingerprint density at radius 3 is 2.70 bits per heavy atom. The molecule has 0 aliphatic carbocycles. The molecular weight excluding hydrogens is 297 g/mol. The zero-order chi connectivity index (χ0) is 14.8. The van der Waals surface area contributed by atoms with Gasteiger partial charge >= 0.3 is 0 Å². The van der Waals surface area contributed by atoms with Crippen LogP contribution in [-0.4, -0.2) is 22.3 Å². The van der Waals surface area contributed by atoms with Crippen molar-refractivity contribution in [3.8, 4) is 10.6 Å². The number of nitrogens with one attached hydrogen (secondary N) is 1. The van der Waals surface area contributed by atoms with E-state index in [1.54, 1.807) is 12.1 Å². The number of aromatic nitrogens is 2. The number of benzene rings is 1. The lowest BCUT2D eigenvalue weighted by atomic mass is 10.1. The minimum absolute atomic E-state index is 0.0952. The summed E-state index contributed by atoms with van der Waals surface area (Å²) in [6, 6.07) is 4.59. The maximum atomic E-state index is 13.1. The van der Waals surface area contributed by atoms with Crippen LogP contribution < -0.4 is 5.32 Å². The fourth-order valence-corrected chi connectivity index (χ4v) is 2.66. The van der Waals surface area contributed by atoms with E-state index in [2.05, 4.69) is 36.3 Å². The predicted molar refractivity (Wildman–Crippen MR) is 81.8 cm³/mol. The van der Waals surface area contributed by atoms with Crippen LogP contribution in [0.3, 0.4) is 0 Å². The molecule has 1 aromatic carbocycles. The zero-order valence-electron chi connectivity index (χ0n) is 11.7. The molecular formula is C14H17ClFN3S. The van der Waals surface area contributed by atoms with Crippen molar-refractivity contribution in [1.82, 2.24) is 15.5 Å². The predicted octanol–water partition coefficient (Wildman–Crippen LogP) is 3.93. The highest BCUT2D eigenvalue weighted by molar-refractivity contribution is 7.14. The molecule has 0 saturated carbocycles. The van der Waals surface area contributed by atoms with Crippen LogP contribution in [0.2, 0.25) is 5.02 Å². The lowest BCUT2D eigenvalue weighted by molar-refractivity contribution is 0.429. The third-order valence-electron chi connectivity index (χ3n) is 2.63. The Bertz CT molecular complexity index is 592. The van der Waals surface area contributed by atoms with Gasteiger partial charge in [0.05, 0.1) is 5.02 Å². The summed E-state index contributed by atoms with van der Waals surface area (Å²) in [4.78, 5) is 0. The van der Waals surface area contributed by atoms with Gasteiger partial charge in [-0.1, -0.05) is 22.9 Å². The van der Waals surface area contributed by atoms with E-state index in [1.807, 2.05) is 0 Å². The number of rotatable bonds is 4. The van der Waals surface area contributed by atoms with Crippen molar-refractivity contribution in [1.29, 1.82) is 0 Å². The average Bonchev–Trinajstić information content (AvgIpc) is 2.80. The van der Waals surface area contributed by atoms with E-state index in [0.717, 1.165) is 28.5 Å². The monoisotopic (exact) mass is 313 g/mol. The summed E-state index contributed by atoms with van der Waals surface area (Å²) in [5, 5.41) is 13.5. The van der Waals surface area contributed by atoms with Gasteiger partial charge in [-0.2, -0.15) is 0 Å². The normalized spacial score (nSPS) is 11.8. The van der Waals surface area contributed by atoms with Crippen molar-refractivity contribution in [2.24, 2.45) is 0 Å². The van der Waals surface area contributed by atoms with E-state index >= 15 is 0 Å². The van der Waals surface area contributed by atoms with Gasteiger partial charge in [-0.15, -0.1) is 10.2 Å². The molecule has 0 aliphatic rings. The van der Waals surface area contributed by atoms with Crippen LogP contribution >= 0.6 is 22.9 Å². The molecule has 0 spiro atoms. The van der Waals surface area contributed by atoms with Gasteiger partial charge in [-0.3, -0.25) is 0 Å². The first-order chi connectivity index (χ1) is 9.35. The maximum absolute atomic E-state index is 13.1. The van der Waals surface area contributed by atoms with Gasteiger partial charge in [0.1, 0.15) is 15.8 Å². The number of halogens is 2. The molecule has 0 atom stereocenters. The summed E-state index contributed by atoms with van der Waals surface area (Å²) in [6.07, 6.45) is 0.823. The fraction of sp³-hybridized carbons (Fsp3) is 0.429. The van der Waals surface area contributed by atoms with E-state index < -0.39 is 5.82 Å². The molecule has 0 bridgehead atoms. The van der Waals surface area contributed by atoms with Crippen LogP contribution in [0.1, 0.15) is 25.8 Å². The van der Waals surface area contributed by atoms with Gasteiger partial charge in [0.25, 0.3) is 0 Å². The van der Waals surface area contributed by atoms with Crippen molar-refractivity contribution in [2.45, 2.75) is 32.7 Å².